The van der Waals surface area contributed by atoms with E-state index >= 15 is 0 Å². The zero-order valence-corrected chi connectivity index (χ0v) is 20.6. The van der Waals surface area contributed by atoms with Gasteiger partial charge in [-0.25, -0.2) is 8.42 Å². The van der Waals surface area contributed by atoms with E-state index < -0.39 is 10.0 Å². The predicted molar refractivity (Wildman–Crippen MR) is 128 cm³/mol. The smallest absolute Gasteiger partial charge is 0.256 e. The lowest BCUT2D eigenvalue weighted by molar-refractivity contribution is -0.0440. The van der Waals surface area contributed by atoms with Crippen molar-refractivity contribution in [1.82, 2.24) is 9.62 Å². The number of hydrogen-bond donors (Lipinski definition) is 2. The summed E-state index contributed by atoms with van der Waals surface area (Å²) >= 11 is 1.45. The van der Waals surface area contributed by atoms with E-state index in [4.69, 9.17) is 4.74 Å². The number of carbonyl (C=O) groups excluding carboxylic acids is 2. The highest BCUT2D eigenvalue weighted by molar-refractivity contribution is 7.89. The van der Waals surface area contributed by atoms with Crippen LogP contribution in [0.3, 0.4) is 0 Å². The van der Waals surface area contributed by atoms with Gasteiger partial charge in [0.25, 0.3) is 11.8 Å². The number of nitrogens with one attached hydrogen (secondary N) is 2. The summed E-state index contributed by atoms with van der Waals surface area (Å²) < 4.78 is 33.1. The monoisotopic (exact) mass is 491 g/mol. The molecule has 33 heavy (non-hydrogen) atoms. The molecule has 10 heteroatoms. The second-order valence-corrected chi connectivity index (χ2v) is 11.6. The molecular weight excluding hydrogens is 462 g/mol. The minimum absolute atomic E-state index is 0.137. The third-order valence-corrected chi connectivity index (χ3v) is 9.05. The summed E-state index contributed by atoms with van der Waals surface area (Å²) in [4.78, 5) is 26.7. The van der Waals surface area contributed by atoms with Crippen LogP contribution in [0.4, 0.5) is 5.00 Å². The molecule has 0 saturated carbocycles. The fourth-order valence-corrected chi connectivity index (χ4v) is 7.32. The molecule has 1 saturated heterocycles. The number of rotatable bonds is 5. The minimum atomic E-state index is -3.68. The normalized spacial score (nSPS) is 21.3. The summed E-state index contributed by atoms with van der Waals surface area (Å²) in [6.45, 7) is 4.28. The molecule has 2 amide bonds. The fourth-order valence-electron chi connectivity index (χ4n) is 4.45. The average molecular weight is 492 g/mol. The Bertz CT molecular complexity index is 1150. The summed E-state index contributed by atoms with van der Waals surface area (Å²) in [5.74, 6) is -0.587. The molecule has 1 fully saturated rings. The van der Waals surface area contributed by atoms with E-state index in [1.54, 1.807) is 7.05 Å². The lowest BCUT2D eigenvalue weighted by Gasteiger charge is -2.34. The molecule has 0 spiro atoms. The second-order valence-electron chi connectivity index (χ2n) is 8.55. The summed E-state index contributed by atoms with van der Waals surface area (Å²) in [5.41, 5.74) is 1.89. The first-order chi connectivity index (χ1) is 15.7. The summed E-state index contributed by atoms with van der Waals surface area (Å²) in [5, 5.41) is 6.08. The number of benzene rings is 1. The molecule has 2 aliphatic rings. The number of sulfonamides is 1. The number of anilines is 1. The van der Waals surface area contributed by atoms with Gasteiger partial charge >= 0.3 is 0 Å². The van der Waals surface area contributed by atoms with Crippen LogP contribution in [0.25, 0.3) is 0 Å². The SMILES string of the molecule is CNC(=O)c1c(NC(=O)c2ccc(S(=O)(=O)N3C[C@H](C)O[C@@H](C)C3)cc2)sc2c1CCCC2. The molecule has 2 atom stereocenters. The number of carbonyl (C=O) groups is 2. The zero-order chi connectivity index (χ0) is 23.8. The van der Waals surface area contributed by atoms with Gasteiger partial charge in [-0.3, -0.25) is 9.59 Å². The highest BCUT2D eigenvalue weighted by atomic mass is 32.2. The van der Waals surface area contributed by atoms with Crippen molar-refractivity contribution in [2.24, 2.45) is 0 Å². The molecule has 1 aromatic heterocycles. The van der Waals surface area contributed by atoms with E-state index in [0.29, 0.717) is 29.2 Å². The minimum Gasteiger partial charge on any atom is -0.373 e. The zero-order valence-electron chi connectivity index (χ0n) is 19.0. The van der Waals surface area contributed by atoms with Crippen molar-refractivity contribution >= 4 is 38.2 Å². The predicted octanol–water partition coefficient (Wildman–Crippen LogP) is 3.04. The lowest BCUT2D eigenvalue weighted by Crippen LogP contribution is -2.48. The van der Waals surface area contributed by atoms with Crippen molar-refractivity contribution in [3.63, 3.8) is 0 Å². The highest BCUT2D eigenvalue weighted by Crippen LogP contribution is 2.38. The Morgan fingerprint density at radius 3 is 2.30 bits per heavy atom. The van der Waals surface area contributed by atoms with Crippen molar-refractivity contribution in [1.29, 1.82) is 0 Å². The number of aryl methyl sites for hydroxylation is 1. The lowest BCUT2D eigenvalue weighted by atomic mass is 9.95. The first kappa shape index (κ1) is 23.9. The van der Waals surface area contributed by atoms with E-state index in [-0.39, 0.29) is 28.9 Å². The Hall–Kier alpha value is -2.27. The van der Waals surface area contributed by atoms with Crippen LogP contribution in [0.5, 0.6) is 0 Å². The number of thiophene rings is 1. The molecular formula is C23H29N3O5S2. The van der Waals surface area contributed by atoms with E-state index in [1.165, 1.54) is 39.9 Å². The number of nitrogens with zero attached hydrogens (tertiary/aromatic N) is 1. The average Bonchev–Trinajstić information content (AvgIpc) is 3.15. The van der Waals surface area contributed by atoms with Crippen LogP contribution in [0, 0.1) is 0 Å². The number of hydrogen-bond acceptors (Lipinski definition) is 6. The van der Waals surface area contributed by atoms with Gasteiger partial charge in [0.15, 0.2) is 0 Å². The maximum Gasteiger partial charge on any atom is 0.256 e. The maximum absolute atomic E-state index is 13.0. The maximum atomic E-state index is 13.0. The topological polar surface area (TPSA) is 105 Å². The Balaban J connectivity index is 1.54. The summed E-state index contributed by atoms with van der Waals surface area (Å²) in [6.07, 6.45) is 3.48. The first-order valence-corrected chi connectivity index (χ1v) is 13.4. The van der Waals surface area contributed by atoms with Gasteiger partial charge in [0.2, 0.25) is 10.0 Å². The fraction of sp³-hybridized carbons (Fsp3) is 0.478. The second kappa shape index (κ2) is 9.54. The van der Waals surface area contributed by atoms with Crippen molar-refractivity contribution in [2.45, 2.75) is 56.6 Å². The van der Waals surface area contributed by atoms with Gasteiger partial charge in [-0.1, -0.05) is 0 Å². The number of fused-ring (bicyclic) bond motifs is 1. The van der Waals surface area contributed by atoms with Gasteiger partial charge in [-0.2, -0.15) is 4.31 Å². The molecule has 2 aromatic rings. The molecule has 2 heterocycles. The third kappa shape index (κ3) is 4.84. The molecule has 0 bridgehead atoms. The molecule has 0 unspecified atom stereocenters. The van der Waals surface area contributed by atoms with Crippen LogP contribution in [-0.4, -0.2) is 56.9 Å². The molecule has 1 aliphatic heterocycles. The van der Waals surface area contributed by atoms with Crippen LogP contribution < -0.4 is 10.6 Å². The molecule has 4 rings (SSSR count). The van der Waals surface area contributed by atoms with Gasteiger partial charge in [0.1, 0.15) is 5.00 Å². The quantitative estimate of drug-likeness (QED) is 0.669. The van der Waals surface area contributed by atoms with Crippen molar-refractivity contribution in [3.05, 3.63) is 45.8 Å². The Kier molecular flexibility index (Phi) is 6.90. The Morgan fingerprint density at radius 2 is 1.67 bits per heavy atom. The Labute approximate surface area is 198 Å². The van der Waals surface area contributed by atoms with Crippen LogP contribution >= 0.6 is 11.3 Å². The summed E-state index contributed by atoms with van der Waals surface area (Å²) in [7, 11) is -2.10. The van der Waals surface area contributed by atoms with Crippen LogP contribution in [0.15, 0.2) is 29.2 Å². The van der Waals surface area contributed by atoms with Gasteiger partial charge in [-0.05, 0) is 69.4 Å². The van der Waals surface area contributed by atoms with Crippen molar-refractivity contribution in [2.75, 3.05) is 25.5 Å². The molecule has 8 nitrogen and oxygen atoms in total. The van der Waals surface area contributed by atoms with Crippen molar-refractivity contribution < 1.29 is 22.7 Å². The Morgan fingerprint density at radius 1 is 1.03 bits per heavy atom. The van der Waals surface area contributed by atoms with Gasteiger partial charge in [-0.15, -0.1) is 11.3 Å². The van der Waals surface area contributed by atoms with E-state index in [9.17, 15) is 18.0 Å². The molecule has 0 radical (unpaired) electrons. The standard InChI is InChI=1S/C23H29N3O5S2/c1-14-12-26(13-15(2)31-14)33(29,30)17-10-8-16(9-11-17)21(27)25-23-20(22(28)24-3)18-6-4-5-7-19(18)32-23/h8-11,14-15H,4-7,12-13H2,1-3H3,(H,24,28)(H,25,27)/t14-,15-/m0/s1. The van der Waals surface area contributed by atoms with Crippen LogP contribution in [-0.2, 0) is 27.6 Å². The molecule has 2 N–H and O–H groups in total. The van der Waals surface area contributed by atoms with Gasteiger partial charge in [0.05, 0.1) is 22.7 Å². The van der Waals surface area contributed by atoms with Crippen molar-refractivity contribution in [3.8, 4) is 0 Å². The number of morpholine rings is 1. The first-order valence-electron chi connectivity index (χ1n) is 11.1. The van der Waals surface area contributed by atoms with E-state index in [2.05, 4.69) is 10.6 Å². The molecule has 1 aromatic carbocycles. The number of ether oxygens (including phenoxy) is 1. The number of amides is 2. The van der Waals surface area contributed by atoms with Crippen LogP contribution in [0.2, 0.25) is 0 Å². The molecule has 178 valence electrons. The van der Waals surface area contributed by atoms with Gasteiger partial charge < -0.3 is 15.4 Å². The van der Waals surface area contributed by atoms with E-state index in [1.807, 2.05) is 13.8 Å². The van der Waals surface area contributed by atoms with Gasteiger partial charge in [0, 0.05) is 30.6 Å². The molecule has 1 aliphatic carbocycles. The highest BCUT2D eigenvalue weighted by Gasteiger charge is 2.32. The van der Waals surface area contributed by atoms with Crippen LogP contribution in [0.1, 0.15) is 57.8 Å². The largest absolute Gasteiger partial charge is 0.373 e. The third-order valence-electron chi connectivity index (χ3n) is 5.99. The summed E-state index contributed by atoms with van der Waals surface area (Å²) in [6, 6.07) is 5.91. The van der Waals surface area contributed by atoms with E-state index in [0.717, 1.165) is 36.1 Å².